The summed E-state index contributed by atoms with van der Waals surface area (Å²) in [5.41, 5.74) is 1.13. The van der Waals surface area contributed by atoms with Crippen LogP contribution in [0.3, 0.4) is 0 Å². The van der Waals surface area contributed by atoms with Crippen molar-refractivity contribution in [2.75, 3.05) is 20.1 Å². The Morgan fingerprint density at radius 2 is 2.00 bits per heavy atom. The highest BCUT2D eigenvalue weighted by atomic mass is 35.5. The van der Waals surface area contributed by atoms with E-state index in [4.69, 9.17) is 16.3 Å². The van der Waals surface area contributed by atoms with Crippen LogP contribution in [0.2, 0.25) is 5.02 Å². The van der Waals surface area contributed by atoms with Crippen LogP contribution >= 0.6 is 11.6 Å². The van der Waals surface area contributed by atoms with E-state index in [1.165, 1.54) is 12.1 Å². The van der Waals surface area contributed by atoms with Gasteiger partial charge in [0.25, 0.3) is 5.69 Å². The van der Waals surface area contributed by atoms with Crippen LogP contribution in [0.25, 0.3) is 0 Å². The quantitative estimate of drug-likeness (QED) is 0.612. The molecule has 1 atom stereocenters. The van der Waals surface area contributed by atoms with E-state index in [2.05, 4.69) is 11.9 Å². The van der Waals surface area contributed by atoms with Crippen molar-refractivity contribution in [3.63, 3.8) is 0 Å². The summed E-state index contributed by atoms with van der Waals surface area (Å²) in [4.78, 5) is 12.6. The van der Waals surface area contributed by atoms with Crippen molar-refractivity contribution < 1.29 is 9.66 Å². The maximum atomic E-state index is 10.7. The smallest absolute Gasteiger partial charge is 0.269 e. The zero-order chi connectivity index (χ0) is 16.4. The van der Waals surface area contributed by atoms with Gasteiger partial charge in [-0.15, -0.1) is 0 Å². The van der Waals surface area contributed by atoms with Crippen LogP contribution < -0.4 is 4.74 Å². The lowest BCUT2D eigenvalue weighted by Gasteiger charge is -2.16. The van der Waals surface area contributed by atoms with E-state index in [0.717, 1.165) is 30.8 Å². The second-order valence-electron chi connectivity index (χ2n) is 5.78. The molecular weight excluding hydrogens is 316 g/mol. The summed E-state index contributed by atoms with van der Waals surface area (Å²) in [5, 5.41) is 11.4. The molecule has 1 saturated heterocycles. The largest absolute Gasteiger partial charge is 0.457 e. The Kier molecular flexibility index (Phi) is 4.50. The minimum atomic E-state index is -0.425. The third kappa shape index (κ3) is 3.63. The number of likely N-dealkylation sites (tertiary alicyclic amines) is 1. The van der Waals surface area contributed by atoms with Gasteiger partial charge in [0.15, 0.2) is 0 Å². The molecule has 0 spiro atoms. The average Bonchev–Trinajstić information content (AvgIpc) is 2.96. The lowest BCUT2D eigenvalue weighted by atomic mass is 9.97. The van der Waals surface area contributed by atoms with Crippen molar-refractivity contribution in [1.82, 2.24) is 4.90 Å². The van der Waals surface area contributed by atoms with Crippen LogP contribution in [0.5, 0.6) is 11.5 Å². The van der Waals surface area contributed by atoms with E-state index in [0.29, 0.717) is 16.7 Å². The normalized spacial score (nSPS) is 18.1. The predicted octanol–water partition coefficient (Wildman–Crippen LogP) is 4.46. The number of nitrogens with zero attached hydrogens (tertiary/aromatic N) is 2. The van der Waals surface area contributed by atoms with Gasteiger partial charge in [0.2, 0.25) is 0 Å². The van der Waals surface area contributed by atoms with Crippen molar-refractivity contribution in [3.8, 4) is 11.5 Å². The maximum absolute atomic E-state index is 10.7. The minimum absolute atomic E-state index is 0.0473. The number of hydrogen-bond acceptors (Lipinski definition) is 4. The lowest BCUT2D eigenvalue weighted by Crippen LogP contribution is -2.13. The second-order valence-corrected chi connectivity index (χ2v) is 6.22. The van der Waals surface area contributed by atoms with Crippen LogP contribution in [-0.2, 0) is 0 Å². The lowest BCUT2D eigenvalue weighted by molar-refractivity contribution is -0.384. The molecular formula is C17H17ClN2O3. The first-order valence-electron chi connectivity index (χ1n) is 7.43. The van der Waals surface area contributed by atoms with E-state index >= 15 is 0 Å². The summed E-state index contributed by atoms with van der Waals surface area (Å²) in [7, 11) is 2.10. The third-order valence-electron chi connectivity index (χ3n) is 4.08. The van der Waals surface area contributed by atoms with Crippen molar-refractivity contribution in [3.05, 3.63) is 63.2 Å². The van der Waals surface area contributed by atoms with E-state index < -0.39 is 4.92 Å². The molecule has 1 unspecified atom stereocenters. The molecule has 0 N–H and O–H groups in total. The zero-order valence-electron chi connectivity index (χ0n) is 12.7. The van der Waals surface area contributed by atoms with Crippen LogP contribution in [0.15, 0.2) is 42.5 Å². The Bertz CT molecular complexity index is 718. The molecule has 1 fully saturated rings. The molecule has 0 bridgehead atoms. The number of likely N-dealkylation sites (N-methyl/N-ethyl adjacent to an activating group) is 1. The van der Waals surface area contributed by atoms with Gasteiger partial charge in [0, 0.05) is 35.2 Å². The Morgan fingerprint density at radius 1 is 1.26 bits per heavy atom. The summed E-state index contributed by atoms with van der Waals surface area (Å²) in [6.07, 6.45) is 1.06. The number of halogens is 1. The van der Waals surface area contributed by atoms with Crippen molar-refractivity contribution in [1.29, 1.82) is 0 Å². The fraction of sp³-hybridized carbons (Fsp3) is 0.294. The molecule has 0 saturated carbocycles. The number of rotatable bonds is 4. The topological polar surface area (TPSA) is 55.6 Å². The Balaban J connectivity index is 1.86. The number of benzene rings is 2. The van der Waals surface area contributed by atoms with Gasteiger partial charge >= 0.3 is 0 Å². The maximum Gasteiger partial charge on any atom is 0.269 e. The van der Waals surface area contributed by atoms with Crippen LogP contribution in [0, 0.1) is 10.1 Å². The molecule has 0 aliphatic carbocycles. The number of nitro benzene ring substituents is 1. The van der Waals surface area contributed by atoms with Crippen LogP contribution in [-0.4, -0.2) is 30.0 Å². The molecule has 5 nitrogen and oxygen atoms in total. The number of hydrogen-bond donors (Lipinski definition) is 0. The van der Waals surface area contributed by atoms with E-state index in [1.807, 2.05) is 12.1 Å². The van der Waals surface area contributed by atoms with Crippen LogP contribution in [0.1, 0.15) is 17.9 Å². The molecule has 1 aliphatic rings. The summed E-state index contributed by atoms with van der Waals surface area (Å²) >= 11 is 6.15. The van der Waals surface area contributed by atoms with Crippen LogP contribution in [0.4, 0.5) is 5.69 Å². The predicted molar refractivity (Wildman–Crippen MR) is 89.5 cm³/mol. The summed E-state index contributed by atoms with van der Waals surface area (Å²) in [6, 6.07) is 11.7. The SMILES string of the molecule is CN1CCC(c2cc(Cl)ccc2Oc2ccc([N+](=O)[O-])cc2)C1. The summed E-state index contributed by atoms with van der Waals surface area (Å²) < 4.78 is 5.95. The molecule has 1 aliphatic heterocycles. The highest BCUT2D eigenvalue weighted by Crippen LogP contribution is 2.37. The molecule has 6 heteroatoms. The van der Waals surface area contributed by atoms with E-state index in [-0.39, 0.29) is 5.69 Å². The standard InChI is InChI=1S/C17H17ClN2O3/c1-19-9-8-12(11-19)16-10-13(18)2-7-17(16)23-15-5-3-14(4-6-15)20(21)22/h2-7,10,12H,8-9,11H2,1H3. The monoisotopic (exact) mass is 332 g/mol. The fourth-order valence-corrected chi connectivity index (χ4v) is 3.06. The third-order valence-corrected chi connectivity index (χ3v) is 4.31. The van der Waals surface area contributed by atoms with Gasteiger partial charge in [-0.2, -0.15) is 0 Å². The Labute approximate surface area is 139 Å². The molecule has 2 aromatic rings. The van der Waals surface area contributed by atoms with Gasteiger partial charge in [-0.1, -0.05) is 11.6 Å². The summed E-state index contributed by atoms with van der Waals surface area (Å²) in [5.74, 6) is 1.71. The van der Waals surface area contributed by atoms with Gasteiger partial charge < -0.3 is 9.64 Å². The fourth-order valence-electron chi connectivity index (χ4n) is 2.88. The first kappa shape index (κ1) is 15.8. The van der Waals surface area contributed by atoms with Crippen molar-refractivity contribution in [2.45, 2.75) is 12.3 Å². The summed E-state index contributed by atoms with van der Waals surface area (Å²) in [6.45, 7) is 2.02. The number of ether oxygens (including phenoxy) is 1. The Morgan fingerprint density at radius 3 is 2.61 bits per heavy atom. The van der Waals surface area contributed by atoms with Gasteiger partial charge in [-0.05, 0) is 50.3 Å². The molecule has 1 heterocycles. The van der Waals surface area contributed by atoms with Gasteiger partial charge in [0.05, 0.1) is 4.92 Å². The van der Waals surface area contributed by atoms with Gasteiger partial charge in [-0.25, -0.2) is 0 Å². The first-order valence-corrected chi connectivity index (χ1v) is 7.81. The molecule has 0 aromatic heterocycles. The van der Waals surface area contributed by atoms with E-state index in [9.17, 15) is 10.1 Å². The van der Waals surface area contributed by atoms with Gasteiger partial charge in [0.1, 0.15) is 11.5 Å². The zero-order valence-corrected chi connectivity index (χ0v) is 13.5. The van der Waals surface area contributed by atoms with Crippen molar-refractivity contribution in [2.24, 2.45) is 0 Å². The van der Waals surface area contributed by atoms with E-state index in [1.54, 1.807) is 18.2 Å². The average molecular weight is 333 g/mol. The molecule has 0 amide bonds. The molecule has 2 aromatic carbocycles. The molecule has 120 valence electrons. The number of nitro groups is 1. The minimum Gasteiger partial charge on any atom is -0.457 e. The second kappa shape index (κ2) is 6.56. The van der Waals surface area contributed by atoms with Crippen molar-refractivity contribution >= 4 is 17.3 Å². The molecule has 23 heavy (non-hydrogen) atoms. The molecule has 0 radical (unpaired) electrons. The number of non-ortho nitro benzene ring substituents is 1. The van der Waals surface area contributed by atoms with Gasteiger partial charge in [-0.3, -0.25) is 10.1 Å². The highest BCUT2D eigenvalue weighted by molar-refractivity contribution is 6.30. The Hall–Kier alpha value is -2.11. The first-order chi connectivity index (χ1) is 11.0. The molecule has 3 rings (SSSR count). The highest BCUT2D eigenvalue weighted by Gasteiger charge is 2.24.